The molecule has 8 heteroatoms. The van der Waals surface area contributed by atoms with E-state index >= 15 is 0 Å². The molecule has 0 fully saturated rings. The summed E-state index contributed by atoms with van der Waals surface area (Å²) in [6, 6.07) is 0. The first kappa shape index (κ1) is 14.8. The van der Waals surface area contributed by atoms with Gasteiger partial charge < -0.3 is 15.3 Å². The van der Waals surface area contributed by atoms with Crippen LogP contribution in [0.3, 0.4) is 0 Å². The van der Waals surface area contributed by atoms with E-state index in [4.69, 9.17) is 15.3 Å². The summed E-state index contributed by atoms with van der Waals surface area (Å²) in [5.74, 6) is -6.47. The Morgan fingerprint density at radius 2 is 1.62 bits per heavy atom. The third kappa shape index (κ3) is 2.50. The van der Waals surface area contributed by atoms with Gasteiger partial charge in [-0.05, 0) is 0 Å². The van der Waals surface area contributed by atoms with Crippen LogP contribution < -0.4 is 0 Å². The van der Waals surface area contributed by atoms with Gasteiger partial charge in [-0.1, -0.05) is 6.08 Å². The first-order valence-corrected chi connectivity index (χ1v) is 4.87. The van der Waals surface area contributed by atoms with Crippen LogP contribution in [0.15, 0.2) is 12.7 Å². The van der Waals surface area contributed by atoms with Crippen LogP contribution in [0.5, 0.6) is 0 Å². The van der Waals surface area contributed by atoms with E-state index in [0.29, 0.717) is 0 Å². The molecule has 0 heterocycles. The smallest absolute Gasteiger partial charge is 0.322 e. The van der Waals surface area contributed by atoms with E-state index < -0.39 is 33.8 Å². The third-order valence-electron chi connectivity index (χ3n) is 1.97. The summed E-state index contributed by atoms with van der Waals surface area (Å²) < 4.78 is -2.37. The van der Waals surface area contributed by atoms with Crippen molar-refractivity contribution in [3.63, 3.8) is 0 Å². The topological polar surface area (TPSA) is 112 Å². The van der Waals surface area contributed by atoms with Gasteiger partial charge in [0, 0.05) is 0 Å². The van der Waals surface area contributed by atoms with Crippen LogP contribution in [0.4, 0.5) is 0 Å². The van der Waals surface area contributed by atoms with Crippen LogP contribution in [0.1, 0.15) is 0 Å². The van der Waals surface area contributed by atoms with Crippen molar-refractivity contribution >= 4 is 43.2 Å². The molecule has 0 spiro atoms. The number of hydrogen-bond acceptors (Lipinski definition) is 5. The van der Waals surface area contributed by atoms with Crippen LogP contribution in [-0.4, -0.2) is 43.2 Å². The fourth-order valence-electron chi connectivity index (χ4n) is 1.08. The standard InChI is InChI=1S/C8H10O6S2/c1-2-3(5(9)10)8(16,7(13)14)4(15)6(11)12/h2-4,15-16H,1H2,(H,9,10)(H,11,12)(H,13,14). The molecule has 0 saturated carbocycles. The number of carboxylic acid groups (broad SMARTS) is 3. The molecule has 3 N–H and O–H groups in total. The second-order valence-corrected chi connectivity index (χ2v) is 4.18. The fraction of sp³-hybridized carbons (Fsp3) is 0.375. The minimum atomic E-state index is -2.37. The van der Waals surface area contributed by atoms with Crippen molar-refractivity contribution in [2.75, 3.05) is 0 Å². The predicted molar refractivity (Wildman–Crippen MR) is 61.1 cm³/mol. The average Bonchev–Trinajstić information content (AvgIpc) is 2.16. The van der Waals surface area contributed by atoms with Gasteiger partial charge in [-0.3, -0.25) is 14.4 Å². The Kier molecular flexibility index (Phi) is 4.88. The van der Waals surface area contributed by atoms with Crippen molar-refractivity contribution in [2.24, 2.45) is 5.92 Å². The number of hydrogen-bond donors (Lipinski definition) is 5. The highest BCUT2D eigenvalue weighted by molar-refractivity contribution is 7.87. The lowest BCUT2D eigenvalue weighted by molar-refractivity contribution is -0.152. The molecule has 0 bridgehead atoms. The first-order valence-electron chi connectivity index (χ1n) is 3.91. The van der Waals surface area contributed by atoms with Gasteiger partial charge in [-0.2, -0.15) is 25.3 Å². The van der Waals surface area contributed by atoms with E-state index in [9.17, 15) is 14.4 Å². The number of carboxylic acids is 3. The molecule has 0 aromatic heterocycles. The van der Waals surface area contributed by atoms with E-state index in [0.717, 1.165) is 6.08 Å². The number of carbonyl (C=O) groups is 3. The van der Waals surface area contributed by atoms with Gasteiger partial charge >= 0.3 is 17.9 Å². The summed E-state index contributed by atoms with van der Waals surface area (Å²) >= 11 is 7.22. The summed E-state index contributed by atoms with van der Waals surface area (Å²) in [5.41, 5.74) is 0. The minimum Gasteiger partial charge on any atom is -0.481 e. The van der Waals surface area contributed by atoms with E-state index in [1.165, 1.54) is 0 Å². The van der Waals surface area contributed by atoms with Gasteiger partial charge in [-0.15, -0.1) is 6.58 Å². The van der Waals surface area contributed by atoms with Crippen LogP contribution >= 0.6 is 25.3 Å². The Labute approximate surface area is 102 Å². The Hall–Kier alpha value is -1.15. The van der Waals surface area contributed by atoms with Crippen molar-refractivity contribution < 1.29 is 29.7 Å². The molecule has 0 radical (unpaired) electrons. The maximum absolute atomic E-state index is 11.0. The molecular weight excluding hydrogens is 256 g/mol. The third-order valence-corrected chi connectivity index (χ3v) is 3.53. The lowest BCUT2D eigenvalue weighted by Crippen LogP contribution is -2.53. The van der Waals surface area contributed by atoms with E-state index in [2.05, 4.69) is 31.8 Å². The molecule has 0 aliphatic rings. The Bertz CT molecular complexity index is 341. The highest BCUT2D eigenvalue weighted by Gasteiger charge is 2.53. The molecule has 0 aliphatic heterocycles. The van der Waals surface area contributed by atoms with Gasteiger partial charge in [0.05, 0.1) is 0 Å². The molecule has 0 aromatic rings. The van der Waals surface area contributed by atoms with E-state index in [1.54, 1.807) is 0 Å². The maximum atomic E-state index is 11.0. The highest BCUT2D eigenvalue weighted by atomic mass is 32.1. The molecule has 90 valence electrons. The molecular formula is C8H10O6S2. The monoisotopic (exact) mass is 266 g/mol. The average molecular weight is 266 g/mol. The zero-order valence-corrected chi connectivity index (χ0v) is 9.69. The van der Waals surface area contributed by atoms with Crippen LogP contribution in [0.25, 0.3) is 0 Å². The fourth-order valence-corrected chi connectivity index (χ4v) is 1.67. The Balaban J connectivity index is 5.58. The molecule has 0 saturated heterocycles. The van der Waals surface area contributed by atoms with Crippen molar-refractivity contribution in [1.29, 1.82) is 0 Å². The van der Waals surface area contributed by atoms with E-state index in [-0.39, 0.29) is 0 Å². The van der Waals surface area contributed by atoms with Crippen molar-refractivity contribution in [3.8, 4) is 0 Å². The van der Waals surface area contributed by atoms with Gasteiger partial charge in [0.15, 0.2) is 0 Å². The highest BCUT2D eigenvalue weighted by Crippen LogP contribution is 2.34. The van der Waals surface area contributed by atoms with Gasteiger partial charge in [0.1, 0.15) is 15.9 Å². The lowest BCUT2D eigenvalue weighted by Gasteiger charge is -2.30. The summed E-state index contributed by atoms with van der Waals surface area (Å²) in [4.78, 5) is 32.4. The van der Waals surface area contributed by atoms with Gasteiger partial charge in [-0.25, -0.2) is 0 Å². The lowest BCUT2D eigenvalue weighted by atomic mass is 9.88. The summed E-state index contributed by atoms with van der Waals surface area (Å²) in [5, 5.41) is 24.6. The normalized spacial score (nSPS) is 17.9. The largest absolute Gasteiger partial charge is 0.481 e. The second kappa shape index (κ2) is 5.26. The Morgan fingerprint density at radius 1 is 1.19 bits per heavy atom. The maximum Gasteiger partial charge on any atom is 0.322 e. The SMILES string of the molecule is C=CC(C(=O)O)C(S)(C(=O)O)C(S)C(=O)O. The summed E-state index contributed by atoms with van der Waals surface area (Å²) in [7, 11) is 0. The molecule has 3 unspecified atom stereocenters. The zero-order chi connectivity index (χ0) is 13.1. The quantitative estimate of drug-likeness (QED) is 0.342. The zero-order valence-electron chi connectivity index (χ0n) is 7.90. The van der Waals surface area contributed by atoms with Gasteiger partial charge in [0.25, 0.3) is 0 Å². The molecule has 0 amide bonds. The molecule has 0 aliphatic carbocycles. The van der Waals surface area contributed by atoms with Crippen LogP contribution in [-0.2, 0) is 14.4 Å². The number of rotatable bonds is 6. The first-order chi connectivity index (χ1) is 7.19. The van der Waals surface area contributed by atoms with E-state index in [1.807, 2.05) is 0 Å². The Morgan fingerprint density at radius 3 is 1.81 bits per heavy atom. The van der Waals surface area contributed by atoms with Crippen LogP contribution in [0.2, 0.25) is 0 Å². The van der Waals surface area contributed by atoms with Crippen molar-refractivity contribution in [2.45, 2.75) is 10.00 Å². The second-order valence-electron chi connectivity index (χ2n) is 2.92. The van der Waals surface area contributed by atoms with Crippen LogP contribution in [0, 0.1) is 5.92 Å². The number of aliphatic carboxylic acids is 3. The molecule has 6 nitrogen and oxygen atoms in total. The summed E-state index contributed by atoms with van der Waals surface area (Å²) in [6.45, 7) is 3.15. The molecule has 0 rings (SSSR count). The van der Waals surface area contributed by atoms with Crippen molar-refractivity contribution in [1.82, 2.24) is 0 Å². The molecule has 16 heavy (non-hydrogen) atoms. The van der Waals surface area contributed by atoms with Crippen molar-refractivity contribution in [3.05, 3.63) is 12.7 Å². The predicted octanol–water partition coefficient (Wildman–Crippen LogP) is 0.00940. The summed E-state index contributed by atoms with van der Waals surface area (Å²) in [6.07, 6.45) is 0.815. The molecule has 0 aromatic carbocycles. The number of thiol groups is 2. The van der Waals surface area contributed by atoms with Gasteiger partial charge in [0.2, 0.25) is 0 Å². The molecule has 3 atom stereocenters. The minimum absolute atomic E-state index is 0.815.